The number of methoxy groups -OCH3 is 1. The molecule has 5 rings (SSSR count). The number of anilines is 2. The van der Waals surface area contributed by atoms with E-state index >= 15 is 0 Å². The van der Waals surface area contributed by atoms with Gasteiger partial charge in [0.05, 0.1) is 12.5 Å². The van der Waals surface area contributed by atoms with Crippen molar-refractivity contribution in [1.82, 2.24) is 14.9 Å². The zero-order valence-corrected chi connectivity index (χ0v) is 18.3. The van der Waals surface area contributed by atoms with Crippen molar-refractivity contribution >= 4 is 17.5 Å². The van der Waals surface area contributed by atoms with Crippen molar-refractivity contribution in [3.63, 3.8) is 0 Å². The minimum absolute atomic E-state index is 0.244. The first kappa shape index (κ1) is 20.1. The van der Waals surface area contributed by atoms with Gasteiger partial charge in [-0.25, -0.2) is 9.97 Å². The number of para-hydroxylation sites is 1. The molecule has 0 spiro atoms. The second-order valence-electron chi connectivity index (χ2n) is 8.84. The Kier molecular flexibility index (Phi) is 5.42. The van der Waals surface area contributed by atoms with Crippen LogP contribution in [0.1, 0.15) is 37.7 Å². The summed E-state index contributed by atoms with van der Waals surface area (Å²) in [6, 6.07) is 10.1. The topological polar surface area (TPSA) is 61.8 Å². The Morgan fingerprint density at radius 1 is 0.903 bits per heavy atom. The Morgan fingerprint density at radius 3 is 2.19 bits per heavy atom. The fraction of sp³-hybridized carbons (Fsp3) is 0.542. The van der Waals surface area contributed by atoms with Gasteiger partial charge in [0, 0.05) is 50.9 Å². The lowest BCUT2D eigenvalue weighted by atomic mass is 9.93. The van der Waals surface area contributed by atoms with E-state index in [1.807, 2.05) is 29.2 Å². The molecule has 3 heterocycles. The van der Waals surface area contributed by atoms with Crippen molar-refractivity contribution in [3.05, 3.63) is 42.2 Å². The monoisotopic (exact) mass is 421 g/mol. The van der Waals surface area contributed by atoms with Gasteiger partial charge in [-0.05, 0) is 38.2 Å². The van der Waals surface area contributed by atoms with Crippen molar-refractivity contribution < 1.29 is 9.53 Å². The van der Waals surface area contributed by atoms with Gasteiger partial charge < -0.3 is 19.4 Å². The number of hydrogen-bond acceptors (Lipinski definition) is 6. The highest BCUT2D eigenvalue weighted by molar-refractivity contribution is 5.92. The lowest BCUT2D eigenvalue weighted by Crippen LogP contribution is -2.51. The van der Waals surface area contributed by atoms with E-state index in [1.54, 1.807) is 13.4 Å². The molecule has 1 saturated carbocycles. The number of carbonyl (C=O) groups excluding carboxylic acids is 1. The SMILES string of the molecule is COc1ccccc1C1(C(=O)N2CCN(c3cc(N4CCCCC4)ncn3)CC2)CC1. The van der Waals surface area contributed by atoms with Crippen molar-refractivity contribution in [1.29, 1.82) is 0 Å². The standard InChI is InChI=1S/C24H31N5O2/c1-31-20-8-4-3-7-19(20)24(9-10-24)23(30)29-15-13-28(14-16-29)22-17-21(25-18-26-22)27-11-5-2-6-12-27/h3-4,7-8,17-18H,2,5-6,9-16H2,1H3. The summed E-state index contributed by atoms with van der Waals surface area (Å²) in [6.45, 7) is 5.18. The molecule has 2 aromatic rings. The molecule has 2 saturated heterocycles. The fourth-order valence-corrected chi connectivity index (χ4v) is 5.01. The first-order valence-electron chi connectivity index (χ1n) is 11.5. The number of benzene rings is 1. The van der Waals surface area contributed by atoms with Crippen LogP contribution in [-0.4, -0.2) is 67.2 Å². The van der Waals surface area contributed by atoms with E-state index in [9.17, 15) is 4.79 Å². The number of aromatic nitrogens is 2. The summed E-state index contributed by atoms with van der Waals surface area (Å²) >= 11 is 0. The minimum atomic E-state index is -0.398. The van der Waals surface area contributed by atoms with E-state index in [-0.39, 0.29) is 5.91 Å². The highest BCUT2D eigenvalue weighted by Gasteiger charge is 2.54. The third kappa shape index (κ3) is 3.82. The molecule has 0 radical (unpaired) electrons. The number of rotatable bonds is 5. The Hall–Kier alpha value is -2.83. The van der Waals surface area contributed by atoms with Crippen LogP contribution in [-0.2, 0) is 10.2 Å². The van der Waals surface area contributed by atoms with E-state index in [1.165, 1.54) is 19.3 Å². The third-order valence-corrected chi connectivity index (χ3v) is 6.99. The van der Waals surface area contributed by atoms with Gasteiger partial charge in [0.15, 0.2) is 0 Å². The summed E-state index contributed by atoms with van der Waals surface area (Å²) in [5.74, 6) is 3.05. The van der Waals surface area contributed by atoms with Crippen LogP contribution in [0.4, 0.5) is 11.6 Å². The average molecular weight is 422 g/mol. The number of piperidine rings is 1. The van der Waals surface area contributed by atoms with Crippen LogP contribution >= 0.6 is 0 Å². The lowest BCUT2D eigenvalue weighted by molar-refractivity contribution is -0.134. The first-order valence-corrected chi connectivity index (χ1v) is 11.5. The number of hydrogen-bond donors (Lipinski definition) is 0. The summed E-state index contributed by atoms with van der Waals surface area (Å²) in [7, 11) is 1.68. The fourth-order valence-electron chi connectivity index (χ4n) is 5.01. The Labute approximate surface area is 184 Å². The van der Waals surface area contributed by atoms with Crippen LogP contribution in [0.2, 0.25) is 0 Å². The molecule has 0 N–H and O–H groups in total. The Morgan fingerprint density at radius 2 is 1.55 bits per heavy atom. The summed E-state index contributed by atoms with van der Waals surface area (Å²) in [5.41, 5.74) is 0.636. The third-order valence-electron chi connectivity index (χ3n) is 6.99. The molecule has 0 atom stereocenters. The summed E-state index contributed by atoms with van der Waals surface area (Å²) in [5, 5.41) is 0. The van der Waals surface area contributed by atoms with Gasteiger partial charge in [-0.3, -0.25) is 4.79 Å². The number of ether oxygens (including phenoxy) is 1. The quantitative estimate of drug-likeness (QED) is 0.740. The molecule has 1 amide bonds. The summed E-state index contributed by atoms with van der Waals surface area (Å²) in [4.78, 5) is 29.2. The molecule has 7 nitrogen and oxygen atoms in total. The van der Waals surface area contributed by atoms with Crippen LogP contribution in [0, 0.1) is 0 Å². The van der Waals surface area contributed by atoms with Gasteiger partial charge in [-0.2, -0.15) is 0 Å². The summed E-state index contributed by atoms with van der Waals surface area (Å²) < 4.78 is 5.55. The first-order chi connectivity index (χ1) is 15.2. The van der Waals surface area contributed by atoms with Crippen LogP contribution in [0.3, 0.4) is 0 Å². The van der Waals surface area contributed by atoms with Gasteiger partial charge in [0.1, 0.15) is 23.7 Å². The van der Waals surface area contributed by atoms with Crippen LogP contribution < -0.4 is 14.5 Å². The highest BCUT2D eigenvalue weighted by Crippen LogP contribution is 2.52. The van der Waals surface area contributed by atoms with E-state index in [2.05, 4.69) is 25.8 Å². The zero-order valence-electron chi connectivity index (χ0n) is 18.3. The van der Waals surface area contributed by atoms with Crippen molar-refractivity contribution in [2.24, 2.45) is 0 Å². The number of amides is 1. The molecule has 1 aromatic carbocycles. The maximum atomic E-state index is 13.5. The molecule has 3 fully saturated rings. The Balaban J connectivity index is 1.25. The van der Waals surface area contributed by atoms with Gasteiger partial charge in [-0.1, -0.05) is 18.2 Å². The summed E-state index contributed by atoms with van der Waals surface area (Å²) in [6.07, 6.45) is 7.25. The second-order valence-corrected chi connectivity index (χ2v) is 8.84. The molecule has 0 bridgehead atoms. The molecule has 1 aliphatic carbocycles. The van der Waals surface area contributed by atoms with Crippen molar-refractivity contribution in [2.45, 2.75) is 37.5 Å². The molecule has 0 unspecified atom stereocenters. The molecular weight excluding hydrogens is 390 g/mol. The van der Waals surface area contributed by atoms with Crippen molar-refractivity contribution in [2.75, 3.05) is 56.2 Å². The molecule has 31 heavy (non-hydrogen) atoms. The molecule has 164 valence electrons. The van der Waals surface area contributed by atoms with Gasteiger partial charge >= 0.3 is 0 Å². The van der Waals surface area contributed by atoms with E-state index in [0.717, 1.165) is 75.1 Å². The Bertz CT molecular complexity index is 931. The maximum Gasteiger partial charge on any atom is 0.233 e. The number of piperazine rings is 1. The normalized spacial score (nSPS) is 20.5. The van der Waals surface area contributed by atoms with Gasteiger partial charge in [0.2, 0.25) is 5.91 Å². The largest absolute Gasteiger partial charge is 0.496 e. The van der Waals surface area contributed by atoms with E-state index in [0.29, 0.717) is 0 Å². The minimum Gasteiger partial charge on any atom is -0.496 e. The van der Waals surface area contributed by atoms with E-state index in [4.69, 9.17) is 4.74 Å². The van der Waals surface area contributed by atoms with Gasteiger partial charge in [-0.15, -0.1) is 0 Å². The van der Waals surface area contributed by atoms with Crippen LogP contribution in [0.15, 0.2) is 36.7 Å². The predicted molar refractivity (Wildman–Crippen MR) is 121 cm³/mol. The highest BCUT2D eigenvalue weighted by atomic mass is 16.5. The maximum absolute atomic E-state index is 13.5. The zero-order chi connectivity index (χ0) is 21.3. The van der Waals surface area contributed by atoms with Gasteiger partial charge in [0.25, 0.3) is 0 Å². The van der Waals surface area contributed by atoms with E-state index < -0.39 is 5.41 Å². The molecule has 3 aliphatic rings. The van der Waals surface area contributed by atoms with Crippen LogP contribution in [0.25, 0.3) is 0 Å². The number of nitrogens with zero attached hydrogens (tertiary/aromatic N) is 5. The average Bonchev–Trinajstić information content (AvgIpc) is 3.66. The predicted octanol–water partition coefficient (Wildman–Crippen LogP) is 2.86. The second kappa shape index (κ2) is 8.36. The molecule has 1 aromatic heterocycles. The lowest BCUT2D eigenvalue weighted by Gasteiger charge is -2.37. The number of carbonyl (C=O) groups is 1. The molecular formula is C24H31N5O2. The molecule has 7 heteroatoms. The van der Waals surface area contributed by atoms with Crippen LogP contribution in [0.5, 0.6) is 5.75 Å². The van der Waals surface area contributed by atoms with Crippen molar-refractivity contribution in [3.8, 4) is 5.75 Å². The smallest absolute Gasteiger partial charge is 0.233 e. The molecule has 2 aliphatic heterocycles.